The first kappa shape index (κ1) is 15.5. The number of carbonyl (C=O) groups excluding carboxylic acids is 1. The van der Waals surface area contributed by atoms with Gasteiger partial charge in [0.1, 0.15) is 5.75 Å². The van der Waals surface area contributed by atoms with E-state index in [0.29, 0.717) is 11.8 Å². The number of benzene rings is 1. The van der Waals surface area contributed by atoms with Gasteiger partial charge >= 0.3 is 5.97 Å². The Morgan fingerprint density at radius 1 is 1.16 bits per heavy atom. The molecule has 4 heteroatoms. The van der Waals surface area contributed by atoms with Crippen LogP contribution in [0.4, 0.5) is 0 Å². The Hall–Kier alpha value is -1.55. The zero-order valence-electron chi connectivity index (χ0n) is 12.1. The van der Waals surface area contributed by atoms with Gasteiger partial charge in [0, 0.05) is 12.6 Å². The molecule has 1 N–H and O–H groups in total. The van der Waals surface area contributed by atoms with Crippen LogP contribution in [0.15, 0.2) is 24.3 Å². The molecule has 0 aromatic heterocycles. The van der Waals surface area contributed by atoms with E-state index in [1.54, 1.807) is 0 Å². The fourth-order valence-corrected chi connectivity index (χ4v) is 1.46. The normalized spacial score (nSPS) is 10.8. The van der Waals surface area contributed by atoms with Gasteiger partial charge in [-0.15, -0.1) is 0 Å². The quantitative estimate of drug-likeness (QED) is 0.770. The number of nitrogens with one attached hydrogen (secondary N) is 1. The topological polar surface area (TPSA) is 47.6 Å². The summed E-state index contributed by atoms with van der Waals surface area (Å²) in [5.41, 5.74) is 1.19. The highest BCUT2D eigenvalue weighted by molar-refractivity contribution is 5.71. The summed E-state index contributed by atoms with van der Waals surface area (Å²) >= 11 is 0. The number of ether oxygens (including phenoxy) is 2. The summed E-state index contributed by atoms with van der Waals surface area (Å²) in [4.78, 5) is 11.3. The number of hydrogen-bond donors (Lipinski definition) is 1. The Morgan fingerprint density at radius 3 is 2.32 bits per heavy atom. The standard InChI is InChI=1S/C15H23NO3/c1-11(2)16-9-13-5-7-14(8-6-13)18-10-15(17)19-12(3)4/h5-8,11-12,16H,9-10H2,1-4H3. The maximum Gasteiger partial charge on any atom is 0.344 e. The highest BCUT2D eigenvalue weighted by atomic mass is 16.6. The van der Waals surface area contributed by atoms with Crippen molar-refractivity contribution < 1.29 is 14.3 Å². The van der Waals surface area contributed by atoms with E-state index < -0.39 is 0 Å². The van der Waals surface area contributed by atoms with Crippen molar-refractivity contribution in [1.29, 1.82) is 0 Å². The Bertz CT molecular complexity index is 385. The molecular formula is C15H23NO3. The second-order valence-corrected chi connectivity index (χ2v) is 5.01. The van der Waals surface area contributed by atoms with Crippen LogP contribution in [0.25, 0.3) is 0 Å². The molecule has 106 valence electrons. The fraction of sp³-hybridized carbons (Fsp3) is 0.533. The molecule has 1 rings (SSSR count). The maximum atomic E-state index is 11.3. The van der Waals surface area contributed by atoms with Crippen molar-refractivity contribution in [1.82, 2.24) is 5.32 Å². The maximum absolute atomic E-state index is 11.3. The van der Waals surface area contributed by atoms with Crippen molar-refractivity contribution in [2.45, 2.75) is 46.4 Å². The molecule has 0 saturated heterocycles. The second kappa shape index (κ2) is 7.79. The first-order valence-electron chi connectivity index (χ1n) is 6.62. The van der Waals surface area contributed by atoms with E-state index >= 15 is 0 Å². The molecule has 1 aromatic rings. The molecule has 0 saturated carbocycles. The van der Waals surface area contributed by atoms with Gasteiger partial charge in [0.15, 0.2) is 6.61 Å². The predicted molar refractivity (Wildman–Crippen MR) is 75.1 cm³/mol. The fourth-order valence-electron chi connectivity index (χ4n) is 1.46. The Kier molecular flexibility index (Phi) is 6.36. The van der Waals surface area contributed by atoms with Crippen LogP contribution < -0.4 is 10.1 Å². The van der Waals surface area contributed by atoms with E-state index in [-0.39, 0.29) is 18.7 Å². The van der Waals surface area contributed by atoms with Crippen LogP contribution in [-0.2, 0) is 16.1 Å². The van der Waals surface area contributed by atoms with Crippen molar-refractivity contribution in [3.63, 3.8) is 0 Å². The van der Waals surface area contributed by atoms with Gasteiger partial charge in [0.05, 0.1) is 6.10 Å². The number of rotatable bonds is 7. The molecule has 0 atom stereocenters. The molecule has 4 nitrogen and oxygen atoms in total. The summed E-state index contributed by atoms with van der Waals surface area (Å²) in [6, 6.07) is 8.15. The zero-order chi connectivity index (χ0) is 14.3. The zero-order valence-corrected chi connectivity index (χ0v) is 12.1. The third-order valence-corrected chi connectivity index (χ3v) is 2.36. The third kappa shape index (κ3) is 6.82. The van der Waals surface area contributed by atoms with Crippen LogP contribution in [0.1, 0.15) is 33.3 Å². The van der Waals surface area contributed by atoms with Crippen LogP contribution in [0.5, 0.6) is 5.75 Å². The molecule has 0 aliphatic carbocycles. The highest BCUT2D eigenvalue weighted by Crippen LogP contribution is 2.12. The van der Waals surface area contributed by atoms with E-state index in [2.05, 4.69) is 19.2 Å². The molecule has 0 bridgehead atoms. The molecule has 19 heavy (non-hydrogen) atoms. The summed E-state index contributed by atoms with van der Waals surface area (Å²) in [7, 11) is 0. The lowest BCUT2D eigenvalue weighted by Crippen LogP contribution is -2.21. The van der Waals surface area contributed by atoms with Crippen molar-refractivity contribution in [2.24, 2.45) is 0 Å². The minimum absolute atomic E-state index is 0.0538. The average Bonchev–Trinajstić information content (AvgIpc) is 2.34. The van der Waals surface area contributed by atoms with Crippen LogP contribution in [-0.4, -0.2) is 24.7 Å². The van der Waals surface area contributed by atoms with Gasteiger partial charge in [-0.2, -0.15) is 0 Å². The van der Waals surface area contributed by atoms with Crippen molar-refractivity contribution in [3.05, 3.63) is 29.8 Å². The number of esters is 1. The van der Waals surface area contributed by atoms with Crippen LogP contribution in [0, 0.1) is 0 Å². The van der Waals surface area contributed by atoms with Gasteiger partial charge in [-0.05, 0) is 31.5 Å². The Morgan fingerprint density at radius 2 is 1.79 bits per heavy atom. The summed E-state index contributed by atoms with van der Waals surface area (Å²) in [5, 5.41) is 3.34. The summed E-state index contributed by atoms with van der Waals surface area (Å²) in [5.74, 6) is 0.328. The molecule has 0 heterocycles. The second-order valence-electron chi connectivity index (χ2n) is 5.01. The number of hydrogen-bond acceptors (Lipinski definition) is 4. The molecule has 1 aromatic carbocycles. The van der Waals surface area contributed by atoms with Crippen LogP contribution in [0.3, 0.4) is 0 Å². The SMILES string of the molecule is CC(C)NCc1ccc(OCC(=O)OC(C)C)cc1. The average molecular weight is 265 g/mol. The molecule has 0 spiro atoms. The van der Waals surface area contributed by atoms with Gasteiger partial charge in [-0.3, -0.25) is 0 Å². The minimum atomic E-state index is -0.347. The predicted octanol–water partition coefficient (Wildman–Crippen LogP) is 2.52. The molecule has 0 aliphatic rings. The van der Waals surface area contributed by atoms with E-state index in [1.807, 2.05) is 38.1 Å². The number of carbonyl (C=O) groups is 1. The first-order chi connectivity index (χ1) is 8.97. The van der Waals surface area contributed by atoms with Gasteiger partial charge in [-0.25, -0.2) is 4.79 Å². The molecule has 0 aliphatic heterocycles. The molecule has 0 amide bonds. The monoisotopic (exact) mass is 265 g/mol. The van der Waals surface area contributed by atoms with E-state index in [9.17, 15) is 4.79 Å². The first-order valence-corrected chi connectivity index (χ1v) is 6.62. The lowest BCUT2D eigenvalue weighted by molar-refractivity contribution is -0.149. The Labute approximate surface area is 115 Å². The van der Waals surface area contributed by atoms with Crippen molar-refractivity contribution in [3.8, 4) is 5.75 Å². The van der Waals surface area contributed by atoms with Crippen LogP contribution >= 0.6 is 0 Å². The largest absolute Gasteiger partial charge is 0.482 e. The smallest absolute Gasteiger partial charge is 0.344 e. The minimum Gasteiger partial charge on any atom is -0.482 e. The molecular weight excluding hydrogens is 242 g/mol. The van der Waals surface area contributed by atoms with Gasteiger partial charge < -0.3 is 14.8 Å². The van der Waals surface area contributed by atoms with E-state index in [4.69, 9.17) is 9.47 Å². The van der Waals surface area contributed by atoms with Gasteiger partial charge in [-0.1, -0.05) is 26.0 Å². The van der Waals surface area contributed by atoms with Gasteiger partial charge in [0.25, 0.3) is 0 Å². The lowest BCUT2D eigenvalue weighted by atomic mass is 10.2. The van der Waals surface area contributed by atoms with Gasteiger partial charge in [0.2, 0.25) is 0 Å². The van der Waals surface area contributed by atoms with E-state index in [1.165, 1.54) is 5.56 Å². The summed E-state index contributed by atoms with van der Waals surface area (Å²) in [6.45, 7) is 8.62. The van der Waals surface area contributed by atoms with Crippen LogP contribution in [0.2, 0.25) is 0 Å². The molecule has 0 fully saturated rings. The summed E-state index contributed by atoms with van der Waals surface area (Å²) in [6.07, 6.45) is -0.111. The molecule has 0 radical (unpaired) electrons. The van der Waals surface area contributed by atoms with Crippen molar-refractivity contribution >= 4 is 5.97 Å². The Balaban J connectivity index is 2.37. The third-order valence-electron chi connectivity index (χ3n) is 2.36. The lowest BCUT2D eigenvalue weighted by Gasteiger charge is -2.10. The highest BCUT2D eigenvalue weighted by Gasteiger charge is 2.06. The molecule has 0 unspecified atom stereocenters. The summed E-state index contributed by atoms with van der Waals surface area (Å²) < 4.78 is 10.3. The van der Waals surface area contributed by atoms with Crippen molar-refractivity contribution in [2.75, 3.05) is 6.61 Å². The van der Waals surface area contributed by atoms with E-state index in [0.717, 1.165) is 6.54 Å².